The molecule has 98 valence electrons. The number of hydrogen-bond acceptors (Lipinski definition) is 4. The lowest BCUT2D eigenvalue weighted by Gasteiger charge is -1.96. The average Bonchev–Trinajstić information content (AvgIpc) is 2.89. The second-order valence-corrected chi connectivity index (χ2v) is 4.17. The summed E-state index contributed by atoms with van der Waals surface area (Å²) in [5.41, 5.74) is 2.44. The summed E-state index contributed by atoms with van der Waals surface area (Å²) in [6, 6.07) is 13.9. The maximum atomic E-state index is 10.7. The van der Waals surface area contributed by atoms with Gasteiger partial charge in [-0.25, -0.2) is 9.66 Å². The molecule has 0 spiro atoms. The van der Waals surface area contributed by atoms with E-state index in [2.05, 4.69) is 10.1 Å². The van der Waals surface area contributed by atoms with Gasteiger partial charge in [0.15, 0.2) is 0 Å². The van der Waals surface area contributed by atoms with E-state index in [4.69, 9.17) is 0 Å². The van der Waals surface area contributed by atoms with Gasteiger partial charge < -0.3 is 0 Å². The molecule has 0 N–H and O–H groups in total. The fraction of sp³-hybridized carbons (Fsp3) is 0. The summed E-state index contributed by atoms with van der Waals surface area (Å²) in [7, 11) is 0. The fourth-order valence-electron chi connectivity index (χ4n) is 1.89. The van der Waals surface area contributed by atoms with Crippen LogP contribution in [0.4, 0.5) is 5.69 Å². The summed E-state index contributed by atoms with van der Waals surface area (Å²) in [5.74, 6) is 0. The van der Waals surface area contributed by atoms with Crippen LogP contribution in [0.25, 0.3) is 11.0 Å². The fourth-order valence-corrected chi connectivity index (χ4v) is 1.89. The number of nitro groups is 1. The largest absolute Gasteiger partial charge is 0.270 e. The molecule has 3 aromatic rings. The highest BCUT2D eigenvalue weighted by molar-refractivity contribution is 5.82. The Kier molecular flexibility index (Phi) is 2.96. The van der Waals surface area contributed by atoms with Crippen molar-refractivity contribution in [1.29, 1.82) is 0 Å². The predicted molar refractivity (Wildman–Crippen MR) is 75.8 cm³/mol. The Morgan fingerprint density at radius 2 is 2.05 bits per heavy atom. The van der Waals surface area contributed by atoms with Gasteiger partial charge in [0.25, 0.3) is 5.69 Å². The highest BCUT2D eigenvalue weighted by atomic mass is 16.6. The third-order valence-corrected chi connectivity index (χ3v) is 2.85. The van der Waals surface area contributed by atoms with Gasteiger partial charge in [-0.3, -0.25) is 10.1 Å². The highest BCUT2D eigenvalue weighted by Crippen LogP contribution is 2.13. The summed E-state index contributed by atoms with van der Waals surface area (Å²) < 4.78 is 1.63. The molecule has 0 saturated heterocycles. The van der Waals surface area contributed by atoms with Crippen molar-refractivity contribution in [3.63, 3.8) is 0 Å². The summed E-state index contributed by atoms with van der Waals surface area (Å²) in [4.78, 5) is 14.5. The van der Waals surface area contributed by atoms with E-state index in [1.165, 1.54) is 12.1 Å². The highest BCUT2D eigenvalue weighted by Gasteiger charge is 2.04. The first-order chi connectivity index (χ1) is 9.74. The van der Waals surface area contributed by atoms with E-state index in [0.717, 1.165) is 11.0 Å². The number of imidazole rings is 1. The number of non-ortho nitro benzene ring substituents is 1. The number of para-hydroxylation sites is 2. The molecule has 2 aromatic carbocycles. The Hall–Kier alpha value is -3.02. The van der Waals surface area contributed by atoms with E-state index >= 15 is 0 Å². The normalized spacial score (nSPS) is 11.2. The van der Waals surface area contributed by atoms with Crippen molar-refractivity contribution in [3.8, 4) is 0 Å². The van der Waals surface area contributed by atoms with Crippen molar-refractivity contribution in [2.24, 2.45) is 5.10 Å². The summed E-state index contributed by atoms with van der Waals surface area (Å²) in [6.45, 7) is 0. The second kappa shape index (κ2) is 4.93. The van der Waals surface area contributed by atoms with Crippen molar-refractivity contribution in [3.05, 3.63) is 70.5 Å². The van der Waals surface area contributed by atoms with Crippen LogP contribution in [-0.2, 0) is 0 Å². The van der Waals surface area contributed by atoms with E-state index in [-0.39, 0.29) is 5.69 Å². The van der Waals surface area contributed by atoms with Gasteiger partial charge in [-0.05, 0) is 12.1 Å². The standard InChI is InChI=1S/C14H10N4O2/c19-18(20)12-5-3-4-11(8-12)9-16-17-10-15-13-6-1-2-7-14(13)17/h1-10H/b16-9-. The molecular formula is C14H10N4O2. The van der Waals surface area contributed by atoms with E-state index in [1.54, 1.807) is 29.4 Å². The van der Waals surface area contributed by atoms with Gasteiger partial charge in [0.05, 0.1) is 22.2 Å². The maximum absolute atomic E-state index is 10.7. The Morgan fingerprint density at radius 1 is 1.20 bits per heavy atom. The zero-order chi connectivity index (χ0) is 13.9. The van der Waals surface area contributed by atoms with Crippen LogP contribution in [0.15, 0.2) is 60.0 Å². The van der Waals surface area contributed by atoms with Crippen molar-refractivity contribution in [2.45, 2.75) is 0 Å². The smallest absolute Gasteiger partial charge is 0.258 e. The lowest BCUT2D eigenvalue weighted by Crippen LogP contribution is -1.91. The molecule has 1 heterocycles. The lowest BCUT2D eigenvalue weighted by molar-refractivity contribution is -0.384. The third-order valence-electron chi connectivity index (χ3n) is 2.85. The molecule has 0 radical (unpaired) electrons. The van der Waals surface area contributed by atoms with Gasteiger partial charge in [0.2, 0.25) is 0 Å². The third kappa shape index (κ3) is 2.26. The first-order valence-corrected chi connectivity index (χ1v) is 5.95. The van der Waals surface area contributed by atoms with E-state index < -0.39 is 4.92 Å². The van der Waals surface area contributed by atoms with Crippen molar-refractivity contribution in [1.82, 2.24) is 9.66 Å². The van der Waals surface area contributed by atoms with Crippen LogP contribution in [0, 0.1) is 10.1 Å². The molecule has 0 aliphatic rings. The number of hydrogen-bond donors (Lipinski definition) is 0. The number of aromatic nitrogens is 2. The van der Waals surface area contributed by atoms with Crippen LogP contribution < -0.4 is 0 Å². The zero-order valence-electron chi connectivity index (χ0n) is 10.4. The van der Waals surface area contributed by atoms with Crippen molar-refractivity contribution < 1.29 is 4.92 Å². The zero-order valence-corrected chi connectivity index (χ0v) is 10.4. The summed E-state index contributed by atoms with van der Waals surface area (Å²) in [6.07, 6.45) is 3.18. The minimum absolute atomic E-state index is 0.0458. The molecule has 0 saturated carbocycles. The van der Waals surface area contributed by atoms with Gasteiger partial charge in [-0.2, -0.15) is 5.10 Å². The molecule has 0 atom stereocenters. The molecule has 0 unspecified atom stereocenters. The average molecular weight is 266 g/mol. The topological polar surface area (TPSA) is 73.3 Å². The number of benzene rings is 2. The van der Waals surface area contributed by atoms with Crippen LogP contribution in [0.2, 0.25) is 0 Å². The first kappa shape index (κ1) is 12.0. The number of fused-ring (bicyclic) bond motifs is 1. The van der Waals surface area contributed by atoms with Gasteiger partial charge in [0, 0.05) is 17.7 Å². The Balaban J connectivity index is 1.94. The van der Waals surface area contributed by atoms with Gasteiger partial charge in [-0.15, -0.1) is 0 Å². The molecule has 0 bridgehead atoms. The number of rotatable bonds is 3. The van der Waals surface area contributed by atoms with Crippen LogP contribution in [0.3, 0.4) is 0 Å². The predicted octanol–water partition coefficient (Wildman–Crippen LogP) is 2.83. The van der Waals surface area contributed by atoms with Gasteiger partial charge in [0.1, 0.15) is 6.33 Å². The molecule has 0 amide bonds. The first-order valence-electron chi connectivity index (χ1n) is 5.95. The van der Waals surface area contributed by atoms with Crippen LogP contribution in [0.5, 0.6) is 0 Å². The monoisotopic (exact) mass is 266 g/mol. The Bertz CT molecular complexity index is 808. The molecule has 6 heteroatoms. The van der Waals surface area contributed by atoms with E-state index in [1.807, 2.05) is 24.3 Å². The molecule has 20 heavy (non-hydrogen) atoms. The van der Waals surface area contributed by atoms with Crippen LogP contribution in [-0.4, -0.2) is 20.8 Å². The van der Waals surface area contributed by atoms with Crippen molar-refractivity contribution in [2.75, 3.05) is 0 Å². The Labute approximate surface area is 114 Å². The summed E-state index contributed by atoms with van der Waals surface area (Å²) >= 11 is 0. The second-order valence-electron chi connectivity index (χ2n) is 4.17. The number of nitrogens with zero attached hydrogens (tertiary/aromatic N) is 4. The lowest BCUT2D eigenvalue weighted by atomic mass is 10.2. The molecule has 0 aliphatic heterocycles. The Morgan fingerprint density at radius 3 is 2.90 bits per heavy atom. The molecular weight excluding hydrogens is 256 g/mol. The van der Waals surface area contributed by atoms with Crippen LogP contribution >= 0.6 is 0 Å². The molecule has 0 aliphatic carbocycles. The molecule has 0 fully saturated rings. The number of nitro benzene ring substituents is 1. The van der Waals surface area contributed by atoms with Gasteiger partial charge in [-0.1, -0.05) is 24.3 Å². The quantitative estimate of drug-likeness (QED) is 0.415. The van der Waals surface area contributed by atoms with Crippen LogP contribution in [0.1, 0.15) is 5.56 Å². The van der Waals surface area contributed by atoms with Crippen molar-refractivity contribution >= 4 is 22.9 Å². The van der Waals surface area contributed by atoms with E-state index in [9.17, 15) is 10.1 Å². The van der Waals surface area contributed by atoms with Gasteiger partial charge >= 0.3 is 0 Å². The SMILES string of the molecule is O=[N+]([O-])c1cccc(/C=N\n2cnc3ccccc32)c1. The van der Waals surface area contributed by atoms with E-state index in [0.29, 0.717) is 5.56 Å². The minimum Gasteiger partial charge on any atom is -0.258 e. The molecule has 3 rings (SSSR count). The molecule has 6 nitrogen and oxygen atoms in total. The summed E-state index contributed by atoms with van der Waals surface area (Å²) in [5, 5.41) is 15.0. The minimum atomic E-state index is -0.427. The maximum Gasteiger partial charge on any atom is 0.270 e. The molecule has 1 aromatic heterocycles.